The van der Waals surface area contributed by atoms with E-state index in [4.69, 9.17) is 4.99 Å². The van der Waals surface area contributed by atoms with Crippen molar-refractivity contribution >= 4 is 35.8 Å². The molecule has 0 aromatic heterocycles. The largest absolute Gasteiger partial charge is 0.357 e. The number of halogens is 1. The minimum absolute atomic E-state index is 0. The lowest BCUT2D eigenvalue weighted by Gasteiger charge is -2.38. The van der Waals surface area contributed by atoms with E-state index in [0.29, 0.717) is 25.2 Å². The van der Waals surface area contributed by atoms with Crippen molar-refractivity contribution in [2.75, 3.05) is 26.2 Å². The molecule has 3 N–H and O–H groups in total. The number of benzene rings is 1. The molecule has 7 heteroatoms. The maximum atomic E-state index is 12.2. The van der Waals surface area contributed by atoms with Crippen molar-refractivity contribution in [3.8, 4) is 0 Å². The molecule has 0 radical (unpaired) electrons. The molecule has 2 atom stereocenters. The summed E-state index contributed by atoms with van der Waals surface area (Å²) in [6, 6.07) is 11.6. The Morgan fingerprint density at radius 2 is 1.83 bits per heavy atom. The van der Waals surface area contributed by atoms with Crippen molar-refractivity contribution in [2.45, 2.75) is 66.1 Å². The van der Waals surface area contributed by atoms with Gasteiger partial charge in [0.2, 0.25) is 5.91 Å². The molecular formula is C23H40IN5O. The summed E-state index contributed by atoms with van der Waals surface area (Å²) in [4.78, 5) is 19.5. The summed E-state index contributed by atoms with van der Waals surface area (Å²) in [7, 11) is 0. The minimum Gasteiger partial charge on any atom is -0.357 e. The summed E-state index contributed by atoms with van der Waals surface area (Å²) in [6.07, 6.45) is 2.16. The molecule has 0 saturated carbocycles. The number of amides is 1. The molecule has 1 heterocycles. The van der Waals surface area contributed by atoms with E-state index in [0.717, 1.165) is 38.4 Å². The summed E-state index contributed by atoms with van der Waals surface area (Å²) in [5, 5.41) is 9.83. The Kier molecular flexibility index (Phi) is 11.7. The molecule has 0 bridgehead atoms. The normalized spacial score (nSPS) is 20.2. The zero-order valence-corrected chi connectivity index (χ0v) is 21.5. The predicted octanol–water partition coefficient (Wildman–Crippen LogP) is 3.37. The van der Waals surface area contributed by atoms with E-state index in [1.54, 1.807) is 0 Å². The first-order valence-electron chi connectivity index (χ1n) is 11.0. The van der Waals surface area contributed by atoms with Crippen LogP contribution < -0.4 is 16.0 Å². The lowest BCUT2D eigenvalue weighted by molar-refractivity contribution is -0.128. The van der Waals surface area contributed by atoms with Crippen LogP contribution in [0.1, 0.15) is 53.0 Å². The monoisotopic (exact) mass is 529 g/mol. The first-order valence-corrected chi connectivity index (χ1v) is 11.0. The first kappa shape index (κ1) is 26.7. The summed E-state index contributed by atoms with van der Waals surface area (Å²) >= 11 is 0. The Morgan fingerprint density at radius 3 is 2.43 bits per heavy atom. The van der Waals surface area contributed by atoms with Gasteiger partial charge in [0.05, 0.1) is 12.0 Å². The summed E-state index contributed by atoms with van der Waals surface area (Å²) in [5.74, 6) is 0.848. The molecule has 1 amide bonds. The highest BCUT2D eigenvalue weighted by Crippen LogP contribution is 2.20. The van der Waals surface area contributed by atoms with Crippen molar-refractivity contribution in [3.63, 3.8) is 0 Å². The van der Waals surface area contributed by atoms with Gasteiger partial charge in [-0.1, -0.05) is 30.3 Å². The predicted molar refractivity (Wildman–Crippen MR) is 136 cm³/mol. The van der Waals surface area contributed by atoms with Gasteiger partial charge < -0.3 is 16.0 Å². The highest BCUT2D eigenvalue weighted by atomic mass is 127. The highest BCUT2D eigenvalue weighted by molar-refractivity contribution is 14.0. The fourth-order valence-electron chi connectivity index (χ4n) is 3.67. The first-order chi connectivity index (χ1) is 13.9. The van der Waals surface area contributed by atoms with Crippen LogP contribution in [0.15, 0.2) is 35.3 Å². The number of carbonyl (C=O) groups excluding carboxylic acids is 1. The fraction of sp³-hybridized carbons (Fsp3) is 0.652. The lowest BCUT2D eigenvalue weighted by atomic mass is 9.92. The Balaban J connectivity index is 0.00000450. The summed E-state index contributed by atoms with van der Waals surface area (Å²) in [5.41, 5.74) is 0.846. The lowest BCUT2D eigenvalue weighted by Crippen LogP contribution is -2.51. The molecule has 2 unspecified atom stereocenters. The Morgan fingerprint density at radius 1 is 1.17 bits per heavy atom. The number of nitrogens with zero attached hydrogens (tertiary/aromatic N) is 2. The van der Waals surface area contributed by atoms with Crippen molar-refractivity contribution in [1.29, 1.82) is 0 Å². The molecule has 1 aliphatic heterocycles. The quantitative estimate of drug-likeness (QED) is 0.275. The Hall–Kier alpha value is -1.35. The maximum Gasteiger partial charge on any atom is 0.227 e. The highest BCUT2D eigenvalue weighted by Gasteiger charge is 2.28. The molecule has 30 heavy (non-hydrogen) atoms. The average molecular weight is 530 g/mol. The fourth-order valence-corrected chi connectivity index (χ4v) is 3.67. The van der Waals surface area contributed by atoms with Gasteiger partial charge in [0, 0.05) is 38.3 Å². The van der Waals surface area contributed by atoms with E-state index in [-0.39, 0.29) is 29.9 Å². The second-order valence-electron chi connectivity index (χ2n) is 8.61. The van der Waals surface area contributed by atoms with E-state index in [9.17, 15) is 4.79 Å². The van der Waals surface area contributed by atoms with E-state index < -0.39 is 5.41 Å². The van der Waals surface area contributed by atoms with Crippen LogP contribution in [0.2, 0.25) is 0 Å². The van der Waals surface area contributed by atoms with Crippen molar-refractivity contribution in [1.82, 2.24) is 20.9 Å². The molecule has 1 fully saturated rings. The maximum absolute atomic E-state index is 12.2. The summed E-state index contributed by atoms with van der Waals surface area (Å²) in [6.45, 7) is 14.2. The van der Waals surface area contributed by atoms with Crippen LogP contribution in [-0.2, 0) is 11.3 Å². The van der Waals surface area contributed by atoms with E-state index in [1.165, 1.54) is 5.56 Å². The molecule has 1 aromatic rings. The van der Waals surface area contributed by atoms with Gasteiger partial charge in [0.1, 0.15) is 0 Å². The number of likely N-dealkylation sites (tertiary alicyclic amines) is 1. The molecule has 1 saturated heterocycles. The second-order valence-corrected chi connectivity index (χ2v) is 8.61. The Bertz CT molecular complexity index is 665. The van der Waals surface area contributed by atoms with Gasteiger partial charge in [-0.05, 0) is 53.0 Å². The number of guanidine groups is 1. The van der Waals surface area contributed by atoms with Gasteiger partial charge in [-0.2, -0.15) is 0 Å². The van der Waals surface area contributed by atoms with Crippen LogP contribution in [0.5, 0.6) is 0 Å². The number of rotatable bonds is 8. The van der Waals surface area contributed by atoms with Gasteiger partial charge in [-0.25, -0.2) is 0 Å². The molecule has 1 aliphatic rings. The molecule has 0 aliphatic carbocycles. The van der Waals surface area contributed by atoms with Gasteiger partial charge in [0.15, 0.2) is 5.96 Å². The third-order valence-electron chi connectivity index (χ3n) is 5.51. The average Bonchev–Trinajstić information content (AvgIpc) is 2.69. The number of nitrogens with one attached hydrogen (secondary N) is 3. The standard InChI is InChI=1S/C23H39N5O.HI/c1-6-24-21(29)23(4,5)17-26-22(25-7-2)27-20-13-14-28(18(3)15-20)16-19-11-9-8-10-12-19;/h8-12,18,20H,6-7,13-17H2,1-5H3,(H,24,29)(H2,25,26,27);1H. The van der Waals surface area contributed by atoms with Crippen LogP contribution in [0.3, 0.4) is 0 Å². The number of hydrogen-bond acceptors (Lipinski definition) is 3. The topological polar surface area (TPSA) is 68.8 Å². The number of piperidine rings is 1. The number of aliphatic imine (C=N–C) groups is 1. The molecule has 2 rings (SSSR count). The SMILES string of the molecule is CCNC(=O)C(C)(C)CN=C(NCC)NC1CCN(Cc2ccccc2)C(C)C1.I. The summed E-state index contributed by atoms with van der Waals surface area (Å²) < 4.78 is 0. The Labute approximate surface area is 199 Å². The van der Waals surface area contributed by atoms with E-state index in [2.05, 4.69) is 65.0 Å². The van der Waals surface area contributed by atoms with Gasteiger partial charge in [-0.3, -0.25) is 14.7 Å². The van der Waals surface area contributed by atoms with Crippen LogP contribution >= 0.6 is 24.0 Å². The van der Waals surface area contributed by atoms with Crippen LogP contribution in [0.4, 0.5) is 0 Å². The van der Waals surface area contributed by atoms with Crippen molar-refractivity contribution in [2.24, 2.45) is 10.4 Å². The zero-order valence-electron chi connectivity index (χ0n) is 19.2. The van der Waals surface area contributed by atoms with Gasteiger partial charge >= 0.3 is 0 Å². The second kappa shape index (κ2) is 13.1. The van der Waals surface area contributed by atoms with Crippen LogP contribution in [0, 0.1) is 5.41 Å². The van der Waals surface area contributed by atoms with Crippen LogP contribution in [-0.4, -0.2) is 55.0 Å². The number of hydrogen-bond donors (Lipinski definition) is 3. The van der Waals surface area contributed by atoms with E-state index >= 15 is 0 Å². The smallest absolute Gasteiger partial charge is 0.227 e. The third-order valence-corrected chi connectivity index (χ3v) is 5.51. The number of carbonyl (C=O) groups is 1. The molecule has 170 valence electrons. The van der Waals surface area contributed by atoms with Crippen LogP contribution in [0.25, 0.3) is 0 Å². The molecule has 1 aromatic carbocycles. The molecule has 6 nitrogen and oxygen atoms in total. The van der Waals surface area contributed by atoms with Gasteiger partial charge in [0.25, 0.3) is 0 Å². The third kappa shape index (κ3) is 8.41. The van der Waals surface area contributed by atoms with Crippen molar-refractivity contribution < 1.29 is 4.79 Å². The van der Waals surface area contributed by atoms with Crippen molar-refractivity contribution in [3.05, 3.63) is 35.9 Å². The van der Waals surface area contributed by atoms with E-state index in [1.807, 2.05) is 20.8 Å². The zero-order chi connectivity index (χ0) is 21.3. The molecular weight excluding hydrogens is 489 g/mol. The molecule has 0 spiro atoms. The minimum atomic E-state index is -0.523. The van der Waals surface area contributed by atoms with Gasteiger partial charge in [-0.15, -0.1) is 24.0 Å².